The van der Waals surface area contributed by atoms with E-state index in [1.807, 2.05) is 0 Å². The number of benzene rings is 1. The summed E-state index contributed by atoms with van der Waals surface area (Å²) in [6.07, 6.45) is -3.96. The van der Waals surface area contributed by atoms with Gasteiger partial charge in [-0.05, 0) is 36.6 Å². The van der Waals surface area contributed by atoms with Crippen molar-refractivity contribution in [1.29, 1.82) is 0 Å². The first kappa shape index (κ1) is 15.4. The van der Waals surface area contributed by atoms with Crippen molar-refractivity contribution in [3.8, 4) is 0 Å². The molecule has 2 aromatic rings. The Kier molecular flexibility index (Phi) is 3.54. The minimum absolute atomic E-state index is 0.323. The van der Waals surface area contributed by atoms with Crippen molar-refractivity contribution in [1.82, 2.24) is 9.97 Å². The second-order valence-electron chi connectivity index (χ2n) is 5.53. The summed E-state index contributed by atoms with van der Waals surface area (Å²) in [4.78, 5) is 29.7. The minimum atomic E-state index is -4.36. The van der Waals surface area contributed by atoms with E-state index in [-0.39, 0.29) is 0 Å². The lowest BCUT2D eigenvalue weighted by atomic mass is 9.96. The van der Waals surface area contributed by atoms with Gasteiger partial charge < -0.3 is 9.88 Å². The molecule has 1 aromatic heterocycles. The Labute approximate surface area is 128 Å². The molecule has 0 aliphatic carbocycles. The maximum Gasteiger partial charge on any atom is 0.416 e. The van der Waals surface area contributed by atoms with Crippen LogP contribution in [0.3, 0.4) is 0 Å². The van der Waals surface area contributed by atoms with E-state index < -0.39 is 23.0 Å². The summed E-state index contributed by atoms with van der Waals surface area (Å²) in [6, 6.07) is 3.66. The van der Waals surface area contributed by atoms with Crippen molar-refractivity contribution in [2.75, 3.05) is 11.4 Å². The Balaban J connectivity index is 1.96. The highest BCUT2D eigenvalue weighted by Crippen LogP contribution is 2.32. The SMILES string of the molecule is Cc1[nH]c(=O)[nH]c(=O)c1N1CCc2cc(C(F)(F)F)ccc2C1. The number of hydrogen-bond donors (Lipinski definition) is 2. The zero-order valence-corrected chi connectivity index (χ0v) is 12.3. The topological polar surface area (TPSA) is 69.0 Å². The molecule has 0 saturated carbocycles. The number of fused-ring (bicyclic) bond motifs is 1. The number of aryl methyl sites for hydroxylation is 1. The maximum atomic E-state index is 12.8. The van der Waals surface area contributed by atoms with Gasteiger partial charge in [0.05, 0.1) is 5.56 Å². The number of nitrogens with one attached hydrogen (secondary N) is 2. The third kappa shape index (κ3) is 2.88. The van der Waals surface area contributed by atoms with E-state index in [0.29, 0.717) is 36.5 Å². The van der Waals surface area contributed by atoms with Crippen LogP contribution in [0, 0.1) is 6.92 Å². The second-order valence-corrected chi connectivity index (χ2v) is 5.53. The summed E-state index contributed by atoms with van der Waals surface area (Å²) in [6.45, 7) is 2.35. The van der Waals surface area contributed by atoms with Gasteiger partial charge in [-0.3, -0.25) is 9.78 Å². The molecule has 23 heavy (non-hydrogen) atoms. The van der Waals surface area contributed by atoms with E-state index in [2.05, 4.69) is 9.97 Å². The van der Waals surface area contributed by atoms with Crippen LogP contribution in [0.4, 0.5) is 18.9 Å². The van der Waals surface area contributed by atoms with E-state index in [0.717, 1.165) is 17.7 Å². The van der Waals surface area contributed by atoms with Gasteiger partial charge in [-0.2, -0.15) is 13.2 Å². The fourth-order valence-electron chi connectivity index (χ4n) is 2.89. The van der Waals surface area contributed by atoms with Gasteiger partial charge in [-0.25, -0.2) is 4.79 Å². The number of aromatic nitrogens is 2. The third-order valence-corrected chi connectivity index (χ3v) is 3.96. The number of alkyl halides is 3. The van der Waals surface area contributed by atoms with Crippen LogP contribution in [0.1, 0.15) is 22.4 Å². The van der Waals surface area contributed by atoms with Crippen molar-refractivity contribution in [2.45, 2.75) is 26.1 Å². The predicted molar refractivity (Wildman–Crippen MR) is 78.6 cm³/mol. The molecule has 0 unspecified atom stereocenters. The number of aromatic amines is 2. The highest BCUT2D eigenvalue weighted by Gasteiger charge is 2.32. The van der Waals surface area contributed by atoms with Gasteiger partial charge in [0.1, 0.15) is 5.69 Å². The van der Waals surface area contributed by atoms with Crippen molar-refractivity contribution in [2.24, 2.45) is 0 Å². The van der Waals surface area contributed by atoms with E-state index in [1.54, 1.807) is 11.8 Å². The fraction of sp³-hybridized carbons (Fsp3) is 0.333. The number of nitrogens with zero attached hydrogens (tertiary/aromatic N) is 1. The van der Waals surface area contributed by atoms with Gasteiger partial charge in [-0.15, -0.1) is 0 Å². The molecule has 0 amide bonds. The minimum Gasteiger partial charge on any atom is -0.361 e. The molecule has 0 atom stereocenters. The van der Waals surface area contributed by atoms with Crippen LogP contribution in [0.25, 0.3) is 0 Å². The lowest BCUT2D eigenvalue weighted by molar-refractivity contribution is -0.137. The van der Waals surface area contributed by atoms with E-state index >= 15 is 0 Å². The first-order valence-corrected chi connectivity index (χ1v) is 7.03. The largest absolute Gasteiger partial charge is 0.416 e. The van der Waals surface area contributed by atoms with Gasteiger partial charge in [-0.1, -0.05) is 6.07 Å². The highest BCUT2D eigenvalue weighted by atomic mass is 19.4. The summed E-state index contributed by atoms with van der Waals surface area (Å²) in [5, 5.41) is 0. The predicted octanol–water partition coefficient (Wildman–Crippen LogP) is 1.95. The van der Waals surface area contributed by atoms with Crippen molar-refractivity contribution in [3.05, 3.63) is 61.4 Å². The molecule has 8 heteroatoms. The van der Waals surface area contributed by atoms with Crippen LogP contribution in [-0.4, -0.2) is 16.5 Å². The molecule has 0 bridgehead atoms. The molecule has 3 rings (SSSR count). The third-order valence-electron chi connectivity index (χ3n) is 3.96. The molecule has 1 aliphatic heterocycles. The summed E-state index contributed by atoms with van der Waals surface area (Å²) >= 11 is 0. The Hall–Kier alpha value is -2.51. The summed E-state index contributed by atoms with van der Waals surface area (Å²) in [5.74, 6) is 0. The molecule has 0 fully saturated rings. The molecule has 1 aliphatic rings. The highest BCUT2D eigenvalue weighted by molar-refractivity contribution is 5.51. The van der Waals surface area contributed by atoms with E-state index in [1.165, 1.54) is 6.07 Å². The lowest BCUT2D eigenvalue weighted by Crippen LogP contribution is -2.37. The molecule has 0 saturated heterocycles. The average molecular weight is 325 g/mol. The zero-order chi connectivity index (χ0) is 16.8. The van der Waals surface area contributed by atoms with Gasteiger partial charge >= 0.3 is 11.9 Å². The Morgan fingerprint density at radius 1 is 1.13 bits per heavy atom. The number of hydrogen-bond acceptors (Lipinski definition) is 3. The summed E-state index contributed by atoms with van der Waals surface area (Å²) in [7, 11) is 0. The first-order valence-electron chi connectivity index (χ1n) is 7.03. The average Bonchev–Trinajstić information content (AvgIpc) is 2.44. The molecule has 122 valence electrons. The smallest absolute Gasteiger partial charge is 0.361 e. The van der Waals surface area contributed by atoms with Crippen molar-refractivity contribution in [3.63, 3.8) is 0 Å². The van der Waals surface area contributed by atoms with Crippen LogP contribution in [0.2, 0.25) is 0 Å². The molecule has 2 heterocycles. The van der Waals surface area contributed by atoms with Crippen molar-refractivity contribution < 1.29 is 13.2 Å². The summed E-state index contributed by atoms with van der Waals surface area (Å²) < 4.78 is 38.3. The van der Waals surface area contributed by atoms with Crippen LogP contribution >= 0.6 is 0 Å². The van der Waals surface area contributed by atoms with E-state index in [4.69, 9.17) is 0 Å². The molecular weight excluding hydrogens is 311 g/mol. The van der Waals surface area contributed by atoms with Gasteiger partial charge in [0.25, 0.3) is 5.56 Å². The Morgan fingerprint density at radius 3 is 2.52 bits per heavy atom. The Bertz CT molecular complexity index is 867. The number of halogens is 3. The molecule has 0 spiro atoms. The van der Waals surface area contributed by atoms with Crippen molar-refractivity contribution >= 4 is 5.69 Å². The molecule has 2 N–H and O–H groups in total. The first-order chi connectivity index (χ1) is 10.8. The number of H-pyrrole nitrogens is 2. The normalized spacial score (nSPS) is 14.7. The molecule has 0 radical (unpaired) electrons. The van der Waals surface area contributed by atoms with Crippen LogP contribution in [0.15, 0.2) is 27.8 Å². The standard InChI is InChI=1S/C15H14F3N3O2/c1-8-12(13(22)20-14(23)19-8)21-5-4-9-6-11(15(16,17)18)3-2-10(9)7-21/h2-3,6H,4-5,7H2,1H3,(H2,19,20,22,23). The molecule has 1 aromatic carbocycles. The number of rotatable bonds is 1. The van der Waals surface area contributed by atoms with Crippen LogP contribution in [0.5, 0.6) is 0 Å². The van der Waals surface area contributed by atoms with Gasteiger partial charge in [0.15, 0.2) is 0 Å². The van der Waals surface area contributed by atoms with Gasteiger partial charge in [0, 0.05) is 18.8 Å². The zero-order valence-electron chi connectivity index (χ0n) is 12.3. The Morgan fingerprint density at radius 2 is 1.87 bits per heavy atom. The second kappa shape index (κ2) is 5.29. The monoisotopic (exact) mass is 325 g/mol. The maximum absolute atomic E-state index is 12.8. The van der Waals surface area contributed by atoms with Crippen LogP contribution in [-0.2, 0) is 19.1 Å². The van der Waals surface area contributed by atoms with Crippen LogP contribution < -0.4 is 16.1 Å². The molecular formula is C15H14F3N3O2. The quantitative estimate of drug-likeness (QED) is 0.842. The number of anilines is 1. The fourth-order valence-corrected chi connectivity index (χ4v) is 2.89. The molecule has 5 nitrogen and oxygen atoms in total. The summed E-state index contributed by atoms with van der Waals surface area (Å²) in [5.41, 5.74) is 0.418. The van der Waals surface area contributed by atoms with E-state index in [9.17, 15) is 22.8 Å². The lowest BCUT2D eigenvalue weighted by Gasteiger charge is -2.31. The van der Waals surface area contributed by atoms with Gasteiger partial charge in [0.2, 0.25) is 0 Å².